The number of carbonyl (C=O) groups is 1. The Kier molecular flexibility index (Phi) is 5.93. The molecule has 0 N–H and O–H groups in total. The average molecular weight is 263 g/mol. The summed E-state index contributed by atoms with van der Waals surface area (Å²) >= 11 is 0. The lowest BCUT2D eigenvalue weighted by Crippen LogP contribution is -2.11. The third-order valence-electron chi connectivity index (χ3n) is 2.37. The molecular weight excluding hydrogens is 242 g/mol. The zero-order valence-electron chi connectivity index (χ0n) is 12.0. The minimum Gasteiger partial charge on any atom is -0.498 e. The Labute approximate surface area is 114 Å². The Balaban J connectivity index is 2.39. The van der Waals surface area contributed by atoms with E-state index in [1.807, 2.05) is 45.0 Å². The van der Waals surface area contributed by atoms with Crippen molar-refractivity contribution >= 4 is 11.7 Å². The summed E-state index contributed by atoms with van der Waals surface area (Å²) in [5.74, 6) is -0.328. The molecule has 0 bridgehead atoms. The van der Waals surface area contributed by atoms with E-state index in [1.54, 1.807) is 18.4 Å². The Morgan fingerprint density at radius 2 is 1.79 bits per heavy atom. The zero-order valence-corrected chi connectivity index (χ0v) is 12.0. The second kappa shape index (κ2) is 7.46. The lowest BCUT2D eigenvalue weighted by atomic mass is 10.2. The van der Waals surface area contributed by atoms with Crippen molar-refractivity contribution in [3.05, 3.63) is 41.7 Å². The number of allylic oxidation sites excluding steroid dienone is 1. The van der Waals surface area contributed by atoms with Crippen LogP contribution in [-0.2, 0) is 9.47 Å². The van der Waals surface area contributed by atoms with Crippen molar-refractivity contribution in [1.29, 1.82) is 0 Å². The van der Waals surface area contributed by atoms with Crippen molar-refractivity contribution in [2.45, 2.75) is 13.8 Å². The number of ether oxygens (including phenoxy) is 2. The molecule has 1 aromatic carbocycles. The first kappa shape index (κ1) is 15.1. The van der Waals surface area contributed by atoms with E-state index >= 15 is 0 Å². The van der Waals surface area contributed by atoms with Crippen LogP contribution in [0, 0.1) is 0 Å². The van der Waals surface area contributed by atoms with Crippen LogP contribution in [0.1, 0.15) is 24.2 Å². The lowest BCUT2D eigenvalue weighted by molar-refractivity contribution is 0.0419. The van der Waals surface area contributed by atoms with Crippen molar-refractivity contribution in [2.24, 2.45) is 0 Å². The second-order valence-corrected chi connectivity index (χ2v) is 4.64. The van der Waals surface area contributed by atoms with E-state index in [0.29, 0.717) is 12.2 Å². The molecule has 0 saturated carbocycles. The SMILES string of the molecule is CC(C)=COCCOC(=O)c1ccc(N(C)C)cc1. The quantitative estimate of drug-likeness (QED) is 0.449. The molecule has 0 aromatic heterocycles. The molecule has 1 aromatic rings. The van der Waals surface area contributed by atoms with Crippen LogP contribution in [0.25, 0.3) is 0 Å². The number of hydrogen-bond donors (Lipinski definition) is 0. The first-order valence-corrected chi connectivity index (χ1v) is 6.20. The standard InChI is InChI=1S/C15H21NO3/c1-12(2)11-18-9-10-19-15(17)13-5-7-14(8-6-13)16(3)4/h5-8,11H,9-10H2,1-4H3. The van der Waals surface area contributed by atoms with Crippen LogP contribution >= 0.6 is 0 Å². The number of hydrogen-bond acceptors (Lipinski definition) is 4. The molecule has 19 heavy (non-hydrogen) atoms. The van der Waals surface area contributed by atoms with Crippen molar-refractivity contribution in [3.8, 4) is 0 Å². The summed E-state index contributed by atoms with van der Waals surface area (Å²) in [4.78, 5) is 13.7. The van der Waals surface area contributed by atoms with E-state index in [-0.39, 0.29) is 12.6 Å². The van der Waals surface area contributed by atoms with Crippen LogP contribution < -0.4 is 4.90 Å². The second-order valence-electron chi connectivity index (χ2n) is 4.64. The van der Waals surface area contributed by atoms with Gasteiger partial charge in [-0.15, -0.1) is 0 Å². The molecule has 1 rings (SSSR count). The summed E-state index contributed by atoms with van der Waals surface area (Å²) in [6.07, 6.45) is 1.65. The molecule has 4 heteroatoms. The third kappa shape index (κ3) is 5.46. The molecule has 4 nitrogen and oxygen atoms in total. The number of rotatable bonds is 6. The topological polar surface area (TPSA) is 38.8 Å². The van der Waals surface area contributed by atoms with E-state index < -0.39 is 0 Å². The van der Waals surface area contributed by atoms with Gasteiger partial charge in [-0.2, -0.15) is 0 Å². The Hall–Kier alpha value is -1.97. The van der Waals surface area contributed by atoms with Gasteiger partial charge in [0.05, 0.1) is 11.8 Å². The maximum atomic E-state index is 11.7. The van der Waals surface area contributed by atoms with Crippen LogP contribution in [-0.4, -0.2) is 33.3 Å². The predicted octanol–water partition coefficient (Wildman–Crippen LogP) is 2.85. The molecule has 0 fully saturated rings. The van der Waals surface area contributed by atoms with Gasteiger partial charge in [0.2, 0.25) is 0 Å². The van der Waals surface area contributed by atoms with Gasteiger partial charge in [0.15, 0.2) is 0 Å². The number of carbonyl (C=O) groups excluding carboxylic acids is 1. The van der Waals surface area contributed by atoms with Crippen molar-refractivity contribution in [1.82, 2.24) is 0 Å². The fraction of sp³-hybridized carbons (Fsp3) is 0.400. The van der Waals surface area contributed by atoms with Crippen LogP contribution in [0.3, 0.4) is 0 Å². The Morgan fingerprint density at radius 1 is 1.16 bits per heavy atom. The van der Waals surface area contributed by atoms with Gasteiger partial charge in [0.25, 0.3) is 0 Å². The third-order valence-corrected chi connectivity index (χ3v) is 2.37. The molecule has 0 atom stereocenters. The van der Waals surface area contributed by atoms with Gasteiger partial charge in [0.1, 0.15) is 13.2 Å². The summed E-state index contributed by atoms with van der Waals surface area (Å²) < 4.78 is 10.3. The van der Waals surface area contributed by atoms with Gasteiger partial charge < -0.3 is 14.4 Å². The lowest BCUT2D eigenvalue weighted by Gasteiger charge is -2.12. The summed E-state index contributed by atoms with van der Waals surface area (Å²) in [5.41, 5.74) is 2.67. The summed E-state index contributed by atoms with van der Waals surface area (Å²) in [7, 11) is 3.90. The first-order chi connectivity index (χ1) is 9.00. The number of benzene rings is 1. The first-order valence-electron chi connectivity index (χ1n) is 6.20. The van der Waals surface area contributed by atoms with Gasteiger partial charge in [0, 0.05) is 19.8 Å². The highest BCUT2D eigenvalue weighted by Gasteiger charge is 2.06. The fourth-order valence-corrected chi connectivity index (χ4v) is 1.39. The van der Waals surface area contributed by atoms with Crippen LogP contribution in [0.15, 0.2) is 36.1 Å². The highest BCUT2D eigenvalue weighted by molar-refractivity contribution is 5.89. The largest absolute Gasteiger partial charge is 0.498 e. The minimum absolute atomic E-state index is 0.248. The maximum Gasteiger partial charge on any atom is 0.338 e. The predicted molar refractivity (Wildman–Crippen MR) is 76.4 cm³/mol. The summed E-state index contributed by atoms with van der Waals surface area (Å²) in [6, 6.07) is 7.29. The van der Waals surface area contributed by atoms with Crippen LogP contribution in [0.5, 0.6) is 0 Å². The highest BCUT2D eigenvalue weighted by Crippen LogP contribution is 2.12. The van der Waals surface area contributed by atoms with Gasteiger partial charge in [-0.1, -0.05) is 0 Å². The van der Waals surface area contributed by atoms with E-state index in [4.69, 9.17) is 9.47 Å². The molecule has 0 aliphatic rings. The van der Waals surface area contributed by atoms with E-state index in [9.17, 15) is 4.79 Å². The molecule has 0 saturated heterocycles. The summed E-state index contributed by atoms with van der Waals surface area (Å²) in [6.45, 7) is 4.50. The van der Waals surface area contributed by atoms with E-state index in [1.165, 1.54) is 0 Å². The van der Waals surface area contributed by atoms with Crippen molar-refractivity contribution < 1.29 is 14.3 Å². The number of esters is 1. The maximum absolute atomic E-state index is 11.7. The number of nitrogens with zero attached hydrogens (tertiary/aromatic N) is 1. The summed E-state index contributed by atoms with van der Waals surface area (Å²) in [5, 5.41) is 0. The van der Waals surface area contributed by atoms with Gasteiger partial charge in [-0.3, -0.25) is 0 Å². The Bertz CT molecular complexity index is 431. The molecule has 104 valence electrons. The monoisotopic (exact) mass is 263 g/mol. The zero-order chi connectivity index (χ0) is 14.3. The number of anilines is 1. The molecule has 0 aliphatic carbocycles. The molecule has 0 heterocycles. The van der Waals surface area contributed by atoms with Crippen molar-refractivity contribution in [2.75, 3.05) is 32.2 Å². The van der Waals surface area contributed by atoms with E-state index in [0.717, 1.165) is 11.3 Å². The Morgan fingerprint density at radius 3 is 2.32 bits per heavy atom. The normalized spacial score (nSPS) is 9.68. The molecule has 0 unspecified atom stereocenters. The van der Waals surface area contributed by atoms with Gasteiger partial charge >= 0.3 is 5.97 Å². The van der Waals surface area contributed by atoms with Crippen LogP contribution in [0.4, 0.5) is 5.69 Å². The molecule has 0 radical (unpaired) electrons. The van der Waals surface area contributed by atoms with Crippen molar-refractivity contribution in [3.63, 3.8) is 0 Å². The highest BCUT2D eigenvalue weighted by atomic mass is 16.6. The molecule has 0 amide bonds. The smallest absolute Gasteiger partial charge is 0.338 e. The molecule has 0 aliphatic heterocycles. The molecular formula is C15H21NO3. The average Bonchev–Trinajstić information content (AvgIpc) is 2.37. The van der Waals surface area contributed by atoms with Gasteiger partial charge in [-0.05, 0) is 43.7 Å². The van der Waals surface area contributed by atoms with E-state index in [2.05, 4.69) is 0 Å². The fourth-order valence-electron chi connectivity index (χ4n) is 1.39. The van der Waals surface area contributed by atoms with Crippen LogP contribution in [0.2, 0.25) is 0 Å². The van der Waals surface area contributed by atoms with Gasteiger partial charge in [-0.25, -0.2) is 4.79 Å². The molecule has 0 spiro atoms. The minimum atomic E-state index is -0.328.